The smallest absolute Gasteiger partial charge is 0.255 e. The Morgan fingerprint density at radius 2 is 1.57 bits per heavy atom. The molecule has 9 rings (SSSR count). The van der Waals surface area contributed by atoms with Crippen LogP contribution in [0.2, 0.25) is 0 Å². The van der Waals surface area contributed by atoms with Crippen molar-refractivity contribution in [1.29, 1.82) is 0 Å². The van der Waals surface area contributed by atoms with Gasteiger partial charge in [-0.1, -0.05) is 61.0 Å². The molecular formula is C48H55FN8O4. The summed E-state index contributed by atoms with van der Waals surface area (Å²) in [7, 11) is 0. The molecule has 1 atom stereocenters. The van der Waals surface area contributed by atoms with E-state index in [1.54, 1.807) is 6.07 Å². The van der Waals surface area contributed by atoms with Gasteiger partial charge < -0.3 is 19.8 Å². The second kappa shape index (κ2) is 17.8. The zero-order chi connectivity index (χ0) is 42.0. The van der Waals surface area contributed by atoms with Gasteiger partial charge in [0.05, 0.1) is 18.0 Å². The van der Waals surface area contributed by atoms with E-state index in [1.165, 1.54) is 16.5 Å². The van der Waals surface area contributed by atoms with Gasteiger partial charge in [-0.15, -0.1) is 0 Å². The maximum atomic E-state index is 14.9. The molecule has 4 aliphatic rings. The highest BCUT2D eigenvalue weighted by Gasteiger charge is 2.41. The zero-order valence-corrected chi connectivity index (χ0v) is 35.0. The quantitative estimate of drug-likeness (QED) is 0.109. The van der Waals surface area contributed by atoms with Crippen LogP contribution >= 0.6 is 0 Å². The molecule has 318 valence electrons. The highest BCUT2D eigenvalue weighted by atomic mass is 19.1. The molecule has 0 aliphatic carbocycles. The number of piperazine rings is 1. The SMILES string of the molecule is Cc1nn2c(N3CCN(CCO)CC3)cc(-c3ccc(CCCCCN4CCC(c5cc(F)cc6c5CN(C5CCC(=O)NC5=O)C6=O)CC4)cc3)nc2c1-c1ccccc1. The van der Waals surface area contributed by atoms with Gasteiger partial charge in [0, 0.05) is 68.4 Å². The van der Waals surface area contributed by atoms with Gasteiger partial charge in [0.15, 0.2) is 5.65 Å². The maximum Gasteiger partial charge on any atom is 0.255 e. The summed E-state index contributed by atoms with van der Waals surface area (Å²) in [6.07, 6.45) is 6.64. The molecule has 2 aromatic heterocycles. The highest BCUT2D eigenvalue weighted by molar-refractivity contribution is 6.05. The lowest BCUT2D eigenvalue weighted by Crippen LogP contribution is -2.52. The number of hydrogen-bond acceptors (Lipinski definition) is 9. The van der Waals surface area contributed by atoms with E-state index in [0.29, 0.717) is 18.5 Å². The number of fused-ring (bicyclic) bond motifs is 2. The number of aliphatic hydroxyl groups excluding tert-OH is 1. The Morgan fingerprint density at radius 1 is 0.820 bits per heavy atom. The standard InChI is InChI=1S/C48H55FN8O4/c1-32-45(36-9-5-2-6-10-36)46-50-41(30-44(57(46)52-32)55-24-22-54(23-25-55)26-27-58)35-13-11-33(12-14-35)8-4-3-7-19-53-20-17-34(18-21-53)38-28-37(49)29-39-40(38)31-56(48(39)61)42-15-16-43(59)51-47(42)60/h2,5-6,9-14,28-30,34,42,58H,3-4,7-8,15-27,31H2,1H3,(H,51,59,60). The fraction of sp³-hybridized carbons (Fsp3) is 0.438. The van der Waals surface area contributed by atoms with Crippen molar-refractivity contribution >= 4 is 29.2 Å². The van der Waals surface area contributed by atoms with Crippen molar-refractivity contribution in [2.24, 2.45) is 0 Å². The third-order valence-electron chi connectivity index (χ3n) is 13.3. The van der Waals surface area contributed by atoms with Crippen LogP contribution in [-0.4, -0.2) is 117 Å². The Kier molecular flexibility index (Phi) is 12.0. The van der Waals surface area contributed by atoms with Crippen molar-refractivity contribution in [2.45, 2.75) is 76.8 Å². The number of imide groups is 1. The van der Waals surface area contributed by atoms with Crippen LogP contribution < -0.4 is 10.2 Å². The summed E-state index contributed by atoms with van der Waals surface area (Å²) < 4.78 is 16.9. The van der Waals surface area contributed by atoms with Crippen LogP contribution in [0.25, 0.3) is 28.0 Å². The number of aromatic nitrogens is 3. The minimum Gasteiger partial charge on any atom is -0.395 e. The van der Waals surface area contributed by atoms with Crippen molar-refractivity contribution in [3.8, 4) is 22.4 Å². The predicted octanol–water partition coefficient (Wildman–Crippen LogP) is 5.98. The van der Waals surface area contributed by atoms with Gasteiger partial charge in [0.1, 0.15) is 17.7 Å². The number of aliphatic hydroxyl groups is 1. The first-order valence-electron chi connectivity index (χ1n) is 22.1. The van der Waals surface area contributed by atoms with Crippen LogP contribution in [0.5, 0.6) is 0 Å². The molecule has 3 aromatic carbocycles. The van der Waals surface area contributed by atoms with Gasteiger partial charge in [-0.2, -0.15) is 9.61 Å². The summed E-state index contributed by atoms with van der Waals surface area (Å²) in [5, 5.41) is 16.9. The molecule has 3 fully saturated rings. The average Bonchev–Trinajstić information content (AvgIpc) is 3.79. The van der Waals surface area contributed by atoms with E-state index in [2.05, 4.69) is 81.5 Å². The Labute approximate surface area is 356 Å². The minimum atomic E-state index is -0.709. The lowest BCUT2D eigenvalue weighted by atomic mass is 9.85. The van der Waals surface area contributed by atoms with E-state index in [9.17, 15) is 23.9 Å². The van der Waals surface area contributed by atoms with Crippen LogP contribution in [-0.2, 0) is 22.6 Å². The summed E-state index contributed by atoms with van der Waals surface area (Å²) in [5.74, 6) is -0.325. The number of hydrogen-bond donors (Lipinski definition) is 2. The van der Waals surface area contributed by atoms with Crippen LogP contribution in [0, 0.1) is 12.7 Å². The number of nitrogens with one attached hydrogen (secondary N) is 1. The molecule has 4 aliphatic heterocycles. The van der Waals surface area contributed by atoms with Gasteiger partial charge in [0.25, 0.3) is 5.91 Å². The van der Waals surface area contributed by atoms with E-state index in [1.807, 2.05) is 10.6 Å². The molecule has 3 amide bonds. The Morgan fingerprint density at radius 3 is 2.31 bits per heavy atom. The number of β-amino-alcohol motifs (C(OH)–C–C–N with tert-alkyl or cyclic N) is 1. The lowest BCUT2D eigenvalue weighted by Gasteiger charge is -2.35. The number of aryl methyl sites for hydroxylation is 2. The molecule has 0 bridgehead atoms. The normalized spacial score (nSPS) is 19.3. The predicted molar refractivity (Wildman–Crippen MR) is 233 cm³/mol. The monoisotopic (exact) mass is 826 g/mol. The third kappa shape index (κ3) is 8.56. The number of carbonyl (C=O) groups excluding carboxylic acids is 3. The van der Waals surface area contributed by atoms with Gasteiger partial charge in [-0.3, -0.25) is 24.6 Å². The Hall–Kier alpha value is -5.50. The van der Waals surface area contributed by atoms with Gasteiger partial charge in [-0.25, -0.2) is 9.37 Å². The molecule has 0 spiro atoms. The molecule has 13 heteroatoms. The van der Waals surface area contributed by atoms with Crippen molar-refractivity contribution in [3.63, 3.8) is 0 Å². The minimum absolute atomic E-state index is 0.158. The number of nitrogens with zero attached hydrogens (tertiary/aromatic N) is 7. The first kappa shape index (κ1) is 40.9. The molecule has 5 aromatic rings. The summed E-state index contributed by atoms with van der Waals surface area (Å²) >= 11 is 0. The van der Waals surface area contributed by atoms with Gasteiger partial charge in [-0.05, 0) is 105 Å². The molecule has 0 radical (unpaired) electrons. The van der Waals surface area contributed by atoms with E-state index >= 15 is 0 Å². The lowest BCUT2D eigenvalue weighted by molar-refractivity contribution is -0.136. The summed E-state index contributed by atoms with van der Waals surface area (Å²) in [4.78, 5) is 51.6. The number of rotatable bonds is 13. The molecular weight excluding hydrogens is 772 g/mol. The van der Waals surface area contributed by atoms with E-state index in [0.717, 1.165) is 135 Å². The van der Waals surface area contributed by atoms with Crippen LogP contribution in [0.4, 0.5) is 10.2 Å². The summed E-state index contributed by atoms with van der Waals surface area (Å²) in [5.41, 5.74) is 9.35. The Bertz CT molecular complexity index is 2400. The van der Waals surface area contributed by atoms with Crippen molar-refractivity contribution in [2.75, 3.05) is 63.9 Å². The summed E-state index contributed by atoms with van der Waals surface area (Å²) in [6.45, 7) is 9.55. The summed E-state index contributed by atoms with van der Waals surface area (Å²) in [6, 6.07) is 23.6. The molecule has 2 N–H and O–H groups in total. The first-order chi connectivity index (χ1) is 29.7. The number of amides is 3. The molecule has 1 unspecified atom stereocenters. The van der Waals surface area contributed by atoms with E-state index < -0.39 is 17.8 Å². The average molecular weight is 827 g/mol. The zero-order valence-electron chi connectivity index (χ0n) is 35.0. The largest absolute Gasteiger partial charge is 0.395 e. The fourth-order valence-corrected chi connectivity index (χ4v) is 9.93. The van der Waals surface area contributed by atoms with Gasteiger partial charge >= 0.3 is 0 Å². The molecule has 12 nitrogen and oxygen atoms in total. The molecule has 0 saturated carbocycles. The third-order valence-corrected chi connectivity index (χ3v) is 13.3. The molecule has 6 heterocycles. The molecule has 3 saturated heterocycles. The van der Waals surface area contributed by atoms with Crippen molar-refractivity contribution in [3.05, 3.63) is 107 Å². The van der Waals surface area contributed by atoms with Crippen molar-refractivity contribution < 1.29 is 23.9 Å². The Balaban J connectivity index is 0.793. The number of anilines is 1. The van der Waals surface area contributed by atoms with E-state index in [-0.39, 0.29) is 37.3 Å². The molecule has 61 heavy (non-hydrogen) atoms. The fourth-order valence-electron chi connectivity index (χ4n) is 9.93. The maximum absolute atomic E-state index is 14.9. The first-order valence-corrected chi connectivity index (χ1v) is 22.1. The van der Waals surface area contributed by atoms with Crippen LogP contribution in [0.3, 0.4) is 0 Å². The van der Waals surface area contributed by atoms with Crippen LogP contribution in [0.1, 0.15) is 83.6 Å². The number of carbonyl (C=O) groups is 3. The van der Waals surface area contributed by atoms with Gasteiger partial charge in [0.2, 0.25) is 11.8 Å². The number of piperidine rings is 2. The number of benzene rings is 3. The van der Waals surface area contributed by atoms with Crippen molar-refractivity contribution in [1.82, 2.24) is 34.6 Å². The number of unbranched alkanes of at least 4 members (excludes halogenated alkanes) is 2. The number of likely N-dealkylation sites (tertiary alicyclic amines) is 1. The second-order valence-corrected chi connectivity index (χ2v) is 17.2. The topological polar surface area (TPSA) is 127 Å². The number of halogens is 1. The second-order valence-electron chi connectivity index (χ2n) is 17.2. The highest BCUT2D eigenvalue weighted by Crippen LogP contribution is 2.38. The van der Waals surface area contributed by atoms with Crippen LogP contribution in [0.15, 0.2) is 72.8 Å². The van der Waals surface area contributed by atoms with E-state index in [4.69, 9.17) is 10.1 Å².